The van der Waals surface area contributed by atoms with Crippen molar-refractivity contribution in [1.29, 1.82) is 0 Å². The van der Waals surface area contributed by atoms with Gasteiger partial charge in [0.1, 0.15) is 0 Å². The maximum Gasteiger partial charge on any atom is 0.216 e. The van der Waals surface area contributed by atoms with E-state index < -0.39 is 6.85 Å². The molecule has 0 atom stereocenters. The second kappa shape index (κ2) is 17.9. The number of furan rings is 1. The van der Waals surface area contributed by atoms with Gasteiger partial charge in [0.15, 0.2) is 0 Å². The number of aryl methyl sites for hydroxylation is 1. The number of benzene rings is 7. The Kier molecular flexibility index (Phi) is 11.0. The summed E-state index contributed by atoms with van der Waals surface area (Å²) in [5.74, 6) is 1.75. The quantitative estimate of drug-likeness (QED) is 0.123. The summed E-state index contributed by atoms with van der Waals surface area (Å²) in [4.78, 5) is 19.2. The average molecular weight is 1040 g/mol. The second-order valence-corrected chi connectivity index (χ2v) is 18.3. The van der Waals surface area contributed by atoms with E-state index in [4.69, 9.17) is 18.5 Å². The Morgan fingerprint density at radius 3 is 2.12 bits per heavy atom. The maximum absolute atomic E-state index is 8.55. The zero-order chi connectivity index (χ0) is 47.5. The van der Waals surface area contributed by atoms with Crippen LogP contribution in [0.3, 0.4) is 0 Å². The predicted molar refractivity (Wildman–Crippen MR) is 269 cm³/mol. The van der Waals surface area contributed by atoms with Crippen LogP contribution in [0.15, 0.2) is 156 Å². The first-order valence-corrected chi connectivity index (χ1v) is 22.3. The molecule has 0 aliphatic heterocycles. The minimum atomic E-state index is -2.41. The molecule has 0 aliphatic carbocycles. The summed E-state index contributed by atoms with van der Waals surface area (Å²) in [7, 11) is 0. The van der Waals surface area contributed by atoms with E-state index in [2.05, 4.69) is 136 Å². The molecule has 7 heteroatoms. The summed E-state index contributed by atoms with van der Waals surface area (Å²) < 4.78 is 34.6. The minimum absolute atomic E-state index is 0. The molecule has 0 saturated heterocycles. The number of hydrogen-bond donors (Lipinski definition) is 0. The van der Waals surface area contributed by atoms with E-state index in [1.165, 1.54) is 22.3 Å². The van der Waals surface area contributed by atoms with Gasteiger partial charge in [-0.2, -0.15) is 0 Å². The van der Waals surface area contributed by atoms with Crippen LogP contribution in [-0.2, 0) is 25.5 Å². The van der Waals surface area contributed by atoms with Gasteiger partial charge < -0.3 is 8.98 Å². The van der Waals surface area contributed by atoms with Crippen molar-refractivity contribution in [2.45, 2.75) is 72.6 Å². The molecule has 4 aromatic heterocycles. The molecule has 11 rings (SSSR count). The molecule has 0 N–H and O–H groups in total. The van der Waals surface area contributed by atoms with Gasteiger partial charge in [0.2, 0.25) is 5.71 Å². The van der Waals surface area contributed by atoms with Crippen LogP contribution in [0.2, 0.25) is 0 Å². The zero-order valence-corrected chi connectivity index (χ0v) is 40.5. The summed E-state index contributed by atoms with van der Waals surface area (Å²) in [6, 6.07) is 55.3. The first-order chi connectivity index (χ1) is 32.7. The number of fused-ring (bicyclic) bond motifs is 7. The van der Waals surface area contributed by atoms with E-state index in [1.807, 2.05) is 85.1 Å². The van der Waals surface area contributed by atoms with Crippen molar-refractivity contribution in [2.24, 2.45) is 0 Å². The Morgan fingerprint density at radius 1 is 0.682 bits per heavy atom. The SMILES string of the molecule is CC(C)(C)c1ccnc(-c2[c-]cccc2)n1.[2H]C([2H])([2H])c1c[c-]c(-c2nc3ccccc3n2-c2c(C(C)C)cc(-c3ccccc3)cc2C(C)C)c2oc3nc4c(ccc5ccccc54)cc3c12.[Ir]. The number of aromatic nitrogens is 5. The van der Waals surface area contributed by atoms with Crippen LogP contribution in [0, 0.1) is 19.0 Å². The number of imidazole rings is 1. The monoisotopic (exact) mass is 1040 g/mol. The third-order valence-electron chi connectivity index (χ3n) is 12.1. The first kappa shape index (κ1) is 40.7. The molecular weight excluding hydrogens is 987 g/mol. The van der Waals surface area contributed by atoms with Gasteiger partial charge in [-0.25, -0.2) is 4.98 Å². The zero-order valence-electron chi connectivity index (χ0n) is 41.1. The van der Waals surface area contributed by atoms with Crippen LogP contribution in [0.4, 0.5) is 0 Å². The van der Waals surface area contributed by atoms with Crippen molar-refractivity contribution >= 4 is 54.8 Å². The van der Waals surface area contributed by atoms with Gasteiger partial charge in [-0.05, 0) is 75.9 Å². The summed E-state index contributed by atoms with van der Waals surface area (Å²) in [5, 5.41) is 4.16. The van der Waals surface area contributed by atoms with Crippen LogP contribution in [0.5, 0.6) is 0 Å². The molecule has 329 valence electrons. The summed E-state index contributed by atoms with van der Waals surface area (Å²) in [6.07, 6.45) is 1.81. The van der Waals surface area contributed by atoms with Crippen molar-refractivity contribution in [2.75, 3.05) is 0 Å². The number of para-hydroxylation sites is 2. The summed E-state index contributed by atoms with van der Waals surface area (Å²) >= 11 is 0. The molecule has 1 radical (unpaired) electrons. The second-order valence-electron chi connectivity index (χ2n) is 18.3. The smallest absolute Gasteiger partial charge is 0.216 e. The summed E-state index contributed by atoms with van der Waals surface area (Å²) in [6.45, 7) is 12.9. The van der Waals surface area contributed by atoms with E-state index in [-0.39, 0.29) is 42.9 Å². The third-order valence-corrected chi connectivity index (χ3v) is 12.1. The Balaban J connectivity index is 0.000000296. The van der Waals surface area contributed by atoms with E-state index in [9.17, 15) is 0 Å². The van der Waals surface area contributed by atoms with Crippen molar-refractivity contribution < 1.29 is 28.6 Å². The van der Waals surface area contributed by atoms with Crippen molar-refractivity contribution in [1.82, 2.24) is 24.5 Å². The van der Waals surface area contributed by atoms with Gasteiger partial charge in [0.25, 0.3) is 0 Å². The van der Waals surface area contributed by atoms with E-state index in [0.29, 0.717) is 33.5 Å². The summed E-state index contributed by atoms with van der Waals surface area (Å²) in [5.41, 5.74) is 11.9. The van der Waals surface area contributed by atoms with Gasteiger partial charge in [-0.1, -0.05) is 145 Å². The van der Waals surface area contributed by atoms with E-state index in [0.717, 1.165) is 55.5 Å². The van der Waals surface area contributed by atoms with Crippen LogP contribution < -0.4 is 0 Å². The Morgan fingerprint density at radius 2 is 1.39 bits per heavy atom. The molecule has 0 spiro atoms. The normalized spacial score (nSPS) is 12.7. The number of rotatable bonds is 6. The van der Waals surface area contributed by atoms with Crippen molar-refractivity contribution in [3.05, 3.63) is 186 Å². The largest absolute Gasteiger partial charge is 0.486 e. The van der Waals surface area contributed by atoms with Crippen LogP contribution >= 0.6 is 0 Å². The van der Waals surface area contributed by atoms with Gasteiger partial charge >= 0.3 is 0 Å². The molecule has 0 aliphatic rings. The van der Waals surface area contributed by atoms with Gasteiger partial charge in [0, 0.05) is 63.4 Å². The topological polar surface area (TPSA) is 69.6 Å². The number of nitrogens with zero attached hydrogens (tertiary/aromatic N) is 5. The minimum Gasteiger partial charge on any atom is -0.486 e. The van der Waals surface area contributed by atoms with Gasteiger partial charge in [-0.15, -0.1) is 53.6 Å². The number of pyridine rings is 1. The van der Waals surface area contributed by atoms with Crippen LogP contribution in [-0.4, -0.2) is 24.5 Å². The Hall–Kier alpha value is -6.79. The maximum atomic E-state index is 8.55. The van der Waals surface area contributed by atoms with Gasteiger partial charge in [-0.3, -0.25) is 15.0 Å². The fourth-order valence-electron chi connectivity index (χ4n) is 8.79. The number of hydrogen-bond acceptors (Lipinski definition) is 5. The standard InChI is InChI=1S/C45H36N3O.C14H15N2.Ir/c1-26(2)35-24-32(29-13-7-6-8-14-29)25-36(27(3)4)42(35)48-39-18-12-11-17-38(39)46-44(48)34-22-19-28(5)40-37-23-31-21-20-30-15-9-10-16-33(30)41(31)47-45(37)49-43(34)40;1-14(2,3)12-9-10-15-13(16-12)11-7-5-4-6-8-11;/h6-21,23-27H,1-5H3;4-7,9-10H,1-3H3;/q2*-1;/i5D3;;. The molecule has 0 amide bonds. The first-order valence-electron chi connectivity index (χ1n) is 23.8. The van der Waals surface area contributed by atoms with E-state index in [1.54, 1.807) is 6.07 Å². The molecular formula is C59H51IrN5O-2. The molecule has 4 heterocycles. The molecule has 0 bridgehead atoms. The molecule has 0 unspecified atom stereocenters. The Labute approximate surface area is 404 Å². The average Bonchev–Trinajstić information content (AvgIpc) is 3.91. The molecule has 0 saturated carbocycles. The van der Waals surface area contributed by atoms with Crippen LogP contribution in [0.1, 0.15) is 86.8 Å². The molecule has 0 fully saturated rings. The molecule has 6 nitrogen and oxygen atoms in total. The third kappa shape index (κ3) is 8.12. The van der Waals surface area contributed by atoms with Crippen molar-refractivity contribution in [3.63, 3.8) is 0 Å². The van der Waals surface area contributed by atoms with Gasteiger partial charge in [0.05, 0.1) is 33.8 Å². The molecule has 7 aromatic carbocycles. The molecule has 66 heavy (non-hydrogen) atoms. The predicted octanol–water partition coefficient (Wildman–Crippen LogP) is 15.6. The van der Waals surface area contributed by atoms with E-state index >= 15 is 0 Å². The fraction of sp³-hybridized carbons (Fsp3) is 0.186. The van der Waals surface area contributed by atoms with Crippen LogP contribution in [0.25, 0.3) is 94.4 Å². The molecule has 11 aromatic rings. The van der Waals surface area contributed by atoms with Crippen molar-refractivity contribution in [3.8, 4) is 39.6 Å². The Bertz CT molecular complexity index is 3640. The fourth-order valence-corrected chi connectivity index (χ4v) is 8.79.